The Labute approximate surface area is 188 Å². The molecule has 0 aliphatic carbocycles. The Morgan fingerprint density at radius 3 is 2.75 bits per heavy atom. The van der Waals surface area contributed by atoms with Crippen LogP contribution >= 0.6 is 0 Å². The molecule has 32 heavy (non-hydrogen) atoms. The maximum atomic E-state index is 13.0. The molecule has 3 saturated heterocycles. The van der Waals surface area contributed by atoms with Gasteiger partial charge in [-0.25, -0.2) is 4.79 Å². The van der Waals surface area contributed by atoms with E-state index in [1.807, 2.05) is 0 Å². The molecule has 3 heterocycles. The first kappa shape index (κ1) is 22.5. The molecule has 9 nitrogen and oxygen atoms in total. The average Bonchev–Trinajstić information content (AvgIpc) is 2.79. The van der Waals surface area contributed by atoms with E-state index in [0.717, 1.165) is 51.5 Å². The van der Waals surface area contributed by atoms with Gasteiger partial charge in [-0.1, -0.05) is 0 Å². The lowest BCUT2D eigenvalue weighted by atomic mass is 9.96. The molecule has 174 valence electrons. The van der Waals surface area contributed by atoms with Gasteiger partial charge in [0.2, 0.25) is 5.91 Å². The van der Waals surface area contributed by atoms with Crippen molar-refractivity contribution in [3.05, 3.63) is 23.8 Å². The normalized spacial score (nSPS) is 23.0. The molecule has 9 heteroatoms. The Bertz CT molecular complexity index is 855. The number of imide groups is 1. The number of hydrogen-bond donors (Lipinski definition) is 3. The second kappa shape index (κ2) is 10.3. The second-order valence-electron chi connectivity index (χ2n) is 8.91. The Kier molecular flexibility index (Phi) is 7.26. The maximum Gasteiger partial charge on any atom is 0.328 e. The van der Waals surface area contributed by atoms with Gasteiger partial charge in [-0.05, 0) is 69.4 Å². The summed E-state index contributed by atoms with van der Waals surface area (Å²) in [4.78, 5) is 40.7. The number of methoxy groups -OCH3 is 1. The molecule has 0 saturated carbocycles. The number of anilines is 1. The molecule has 4 rings (SSSR count). The minimum Gasteiger partial charge on any atom is -0.495 e. The smallest absolute Gasteiger partial charge is 0.328 e. The summed E-state index contributed by atoms with van der Waals surface area (Å²) in [6, 6.07) is 4.68. The molecule has 3 fully saturated rings. The predicted molar refractivity (Wildman–Crippen MR) is 121 cm³/mol. The van der Waals surface area contributed by atoms with Crippen LogP contribution in [-0.2, 0) is 4.79 Å². The van der Waals surface area contributed by atoms with E-state index in [9.17, 15) is 14.4 Å². The van der Waals surface area contributed by atoms with Crippen LogP contribution in [0.5, 0.6) is 5.75 Å². The zero-order valence-electron chi connectivity index (χ0n) is 18.7. The first-order chi connectivity index (χ1) is 15.5. The van der Waals surface area contributed by atoms with Gasteiger partial charge in [0.25, 0.3) is 5.91 Å². The zero-order valence-corrected chi connectivity index (χ0v) is 18.7. The second-order valence-corrected chi connectivity index (χ2v) is 8.91. The molecule has 1 atom stereocenters. The van der Waals surface area contributed by atoms with Gasteiger partial charge >= 0.3 is 6.03 Å². The monoisotopic (exact) mass is 443 g/mol. The van der Waals surface area contributed by atoms with Gasteiger partial charge in [0.15, 0.2) is 0 Å². The number of likely N-dealkylation sites (tertiary alicyclic amines) is 1. The third kappa shape index (κ3) is 5.39. The highest BCUT2D eigenvalue weighted by molar-refractivity contribution is 6.07. The van der Waals surface area contributed by atoms with E-state index in [2.05, 4.69) is 20.9 Å². The van der Waals surface area contributed by atoms with Crippen LogP contribution in [-0.4, -0.2) is 75.2 Å². The molecule has 3 N–H and O–H groups in total. The molecular formula is C23H33N5O4. The number of rotatable bonds is 6. The quantitative estimate of drug-likeness (QED) is 0.613. The molecule has 0 spiro atoms. The SMILES string of the molecule is COc1ccc(C(=O)N[C@@H]2CCCN(CC3CCNCC3)C2)cc1N1CCC(=O)NC1=O. The van der Waals surface area contributed by atoms with Crippen LogP contribution in [0.2, 0.25) is 0 Å². The molecule has 4 amide bonds. The molecule has 0 unspecified atom stereocenters. The van der Waals surface area contributed by atoms with Crippen molar-refractivity contribution < 1.29 is 19.1 Å². The first-order valence-corrected chi connectivity index (χ1v) is 11.6. The van der Waals surface area contributed by atoms with Crippen molar-refractivity contribution in [3.63, 3.8) is 0 Å². The number of carbonyl (C=O) groups excluding carboxylic acids is 3. The third-order valence-corrected chi connectivity index (χ3v) is 6.60. The van der Waals surface area contributed by atoms with Gasteiger partial charge in [0.1, 0.15) is 5.75 Å². The number of hydrogen-bond acceptors (Lipinski definition) is 6. The number of benzene rings is 1. The van der Waals surface area contributed by atoms with Gasteiger partial charge in [-0.2, -0.15) is 0 Å². The van der Waals surface area contributed by atoms with Crippen LogP contribution in [0.15, 0.2) is 18.2 Å². The van der Waals surface area contributed by atoms with Gasteiger partial charge in [0, 0.05) is 37.7 Å². The lowest BCUT2D eigenvalue weighted by Crippen LogP contribution is -2.50. The van der Waals surface area contributed by atoms with Crippen molar-refractivity contribution in [2.75, 3.05) is 51.3 Å². The molecule has 0 bridgehead atoms. The number of nitrogens with one attached hydrogen (secondary N) is 3. The van der Waals surface area contributed by atoms with Gasteiger partial charge < -0.3 is 20.3 Å². The summed E-state index contributed by atoms with van der Waals surface area (Å²) in [6.07, 6.45) is 4.69. The molecule has 0 radical (unpaired) electrons. The van der Waals surface area contributed by atoms with E-state index in [-0.39, 0.29) is 30.8 Å². The van der Waals surface area contributed by atoms with E-state index in [1.54, 1.807) is 18.2 Å². The largest absolute Gasteiger partial charge is 0.495 e. The molecule has 1 aromatic carbocycles. The van der Waals surface area contributed by atoms with Crippen molar-refractivity contribution >= 4 is 23.5 Å². The van der Waals surface area contributed by atoms with Crippen molar-refractivity contribution in [2.24, 2.45) is 5.92 Å². The van der Waals surface area contributed by atoms with Crippen LogP contribution in [0.3, 0.4) is 0 Å². The Morgan fingerprint density at radius 2 is 2.00 bits per heavy atom. The van der Waals surface area contributed by atoms with E-state index >= 15 is 0 Å². The van der Waals surface area contributed by atoms with E-state index in [4.69, 9.17) is 4.74 Å². The summed E-state index contributed by atoms with van der Waals surface area (Å²) < 4.78 is 5.40. The lowest BCUT2D eigenvalue weighted by Gasteiger charge is -2.36. The number of amides is 4. The van der Waals surface area contributed by atoms with Crippen LogP contribution in [0.1, 0.15) is 42.5 Å². The van der Waals surface area contributed by atoms with E-state index in [0.29, 0.717) is 17.0 Å². The fraction of sp³-hybridized carbons (Fsp3) is 0.609. The van der Waals surface area contributed by atoms with Crippen LogP contribution < -0.4 is 25.6 Å². The third-order valence-electron chi connectivity index (χ3n) is 6.60. The van der Waals surface area contributed by atoms with Crippen molar-refractivity contribution in [3.8, 4) is 5.75 Å². The standard InChI is InChI=1S/C23H33N5O4/c1-32-20-5-4-17(13-19(20)28-12-8-21(29)26-23(28)31)22(30)25-18-3-2-11-27(15-18)14-16-6-9-24-10-7-16/h4-5,13,16,18,24H,2-3,6-12,14-15H2,1H3,(H,25,30)(H,26,29,31)/t18-/m1/s1. The van der Waals surface area contributed by atoms with Crippen LogP contribution in [0.4, 0.5) is 10.5 Å². The topological polar surface area (TPSA) is 103 Å². The lowest BCUT2D eigenvalue weighted by molar-refractivity contribution is -0.120. The highest BCUT2D eigenvalue weighted by atomic mass is 16.5. The summed E-state index contributed by atoms with van der Waals surface area (Å²) in [7, 11) is 1.52. The van der Waals surface area contributed by atoms with Crippen molar-refractivity contribution in [2.45, 2.75) is 38.1 Å². The van der Waals surface area contributed by atoms with Crippen molar-refractivity contribution in [1.82, 2.24) is 20.9 Å². The Morgan fingerprint density at radius 1 is 1.19 bits per heavy atom. The fourth-order valence-electron chi connectivity index (χ4n) is 4.87. The van der Waals surface area contributed by atoms with Crippen LogP contribution in [0.25, 0.3) is 0 Å². The summed E-state index contributed by atoms with van der Waals surface area (Å²) in [6.45, 7) is 5.51. The summed E-state index contributed by atoms with van der Waals surface area (Å²) in [5, 5.41) is 8.91. The van der Waals surface area contributed by atoms with Gasteiger partial charge in [-0.15, -0.1) is 0 Å². The minimum absolute atomic E-state index is 0.111. The number of piperidine rings is 2. The fourth-order valence-corrected chi connectivity index (χ4v) is 4.87. The Hall–Kier alpha value is -2.65. The van der Waals surface area contributed by atoms with E-state index < -0.39 is 6.03 Å². The summed E-state index contributed by atoms with van der Waals surface area (Å²) in [5.74, 6) is 0.760. The van der Waals surface area contributed by atoms with Gasteiger partial charge in [0.05, 0.1) is 12.8 Å². The maximum absolute atomic E-state index is 13.0. The number of urea groups is 1. The number of ether oxygens (including phenoxy) is 1. The van der Waals surface area contributed by atoms with Crippen molar-refractivity contribution in [1.29, 1.82) is 0 Å². The minimum atomic E-state index is -0.502. The molecule has 1 aromatic rings. The predicted octanol–water partition coefficient (Wildman–Crippen LogP) is 1.34. The number of nitrogens with zero attached hydrogens (tertiary/aromatic N) is 2. The first-order valence-electron chi connectivity index (χ1n) is 11.6. The molecule has 0 aromatic heterocycles. The summed E-state index contributed by atoms with van der Waals surface area (Å²) >= 11 is 0. The molecular weight excluding hydrogens is 410 g/mol. The Balaban J connectivity index is 1.40. The molecule has 3 aliphatic heterocycles. The summed E-state index contributed by atoms with van der Waals surface area (Å²) in [5.41, 5.74) is 0.960. The molecule has 3 aliphatic rings. The average molecular weight is 444 g/mol. The van der Waals surface area contributed by atoms with Gasteiger partial charge in [-0.3, -0.25) is 19.8 Å². The highest BCUT2D eigenvalue weighted by Crippen LogP contribution is 2.31. The van der Waals surface area contributed by atoms with E-state index in [1.165, 1.54) is 24.9 Å². The number of carbonyl (C=O) groups is 3. The van der Waals surface area contributed by atoms with Crippen LogP contribution in [0, 0.1) is 5.92 Å². The highest BCUT2D eigenvalue weighted by Gasteiger charge is 2.28. The zero-order chi connectivity index (χ0) is 22.5.